The van der Waals surface area contributed by atoms with Crippen molar-refractivity contribution in [2.45, 2.75) is 19.4 Å². The fourth-order valence-corrected chi connectivity index (χ4v) is 4.46. The van der Waals surface area contributed by atoms with Crippen molar-refractivity contribution in [3.05, 3.63) is 18.0 Å². The number of aromatic nitrogens is 2. The second-order valence-corrected chi connectivity index (χ2v) is 9.21. The molecule has 0 amide bonds. The highest BCUT2D eigenvalue weighted by atomic mass is 32.2. The lowest BCUT2D eigenvalue weighted by Gasteiger charge is -2.35. The van der Waals surface area contributed by atoms with Gasteiger partial charge in [-0.1, -0.05) is 0 Å². The van der Waals surface area contributed by atoms with Gasteiger partial charge < -0.3 is 15.0 Å². The topological polar surface area (TPSA) is 92.1 Å². The minimum atomic E-state index is -3.11. The van der Waals surface area contributed by atoms with Gasteiger partial charge in [-0.05, 0) is 19.3 Å². The molecule has 0 aromatic carbocycles. The van der Waals surface area contributed by atoms with Gasteiger partial charge in [0.2, 0.25) is 10.0 Å². The molecule has 3 rings (SSSR count). The van der Waals surface area contributed by atoms with Gasteiger partial charge in [0.05, 0.1) is 25.6 Å². The second kappa shape index (κ2) is 8.57. The summed E-state index contributed by atoms with van der Waals surface area (Å²) >= 11 is 0. The van der Waals surface area contributed by atoms with E-state index in [1.54, 1.807) is 8.99 Å². The molecule has 2 fully saturated rings. The number of rotatable bonds is 5. The van der Waals surface area contributed by atoms with E-state index in [9.17, 15) is 8.42 Å². The molecule has 2 aliphatic heterocycles. The zero-order valence-corrected chi connectivity index (χ0v) is 17.2. The SMILES string of the molecule is CCNC(=NCC1CCN(S(C)(=O)=O)C1)N1CCOC(c2cnn(C)c2)C1. The number of hydrogen-bond donors (Lipinski definition) is 1. The molecule has 2 unspecified atom stereocenters. The average molecular weight is 399 g/mol. The maximum atomic E-state index is 11.7. The van der Waals surface area contributed by atoms with E-state index in [1.807, 2.05) is 19.4 Å². The van der Waals surface area contributed by atoms with Crippen LogP contribution in [0.4, 0.5) is 0 Å². The van der Waals surface area contributed by atoms with E-state index >= 15 is 0 Å². The van der Waals surface area contributed by atoms with Crippen molar-refractivity contribution in [2.24, 2.45) is 18.0 Å². The van der Waals surface area contributed by atoms with Gasteiger partial charge in [0, 0.05) is 51.5 Å². The summed E-state index contributed by atoms with van der Waals surface area (Å²) in [6.07, 6.45) is 5.93. The van der Waals surface area contributed by atoms with E-state index in [1.165, 1.54) is 6.26 Å². The number of guanidine groups is 1. The molecular formula is C17H30N6O3S. The fraction of sp³-hybridized carbons (Fsp3) is 0.765. The Hall–Kier alpha value is -1.65. The van der Waals surface area contributed by atoms with Crippen molar-refractivity contribution < 1.29 is 13.2 Å². The van der Waals surface area contributed by atoms with Crippen molar-refractivity contribution in [3.63, 3.8) is 0 Å². The summed E-state index contributed by atoms with van der Waals surface area (Å²) in [6.45, 7) is 6.75. The molecule has 0 spiro atoms. The summed E-state index contributed by atoms with van der Waals surface area (Å²) in [4.78, 5) is 7.02. The lowest BCUT2D eigenvalue weighted by molar-refractivity contribution is -0.00806. The van der Waals surface area contributed by atoms with Gasteiger partial charge in [0.1, 0.15) is 6.10 Å². The lowest BCUT2D eigenvalue weighted by atomic mass is 10.1. The minimum absolute atomic E-state index is 0.0245. The molecule has 10 heteroatoms. The maximum absolute atomic E-state index is 11.7. The highest BCUT2D eigenvalue weighted by Gasteiger charge is 2.29. The van der Waals surface area contributed by atoms with Crippen molar-refractivity contribution in [1.29, 1.82) is 0 Å². The van der Waals surface area contributed by atoms with Crippen LogP contribution in [0.2, 0.25) is 0 Å². The van der Waals surface area contributed by atoms with E-state index in [4.69, 9.17) is 9.73 Å². The Morgan fingerprint density at radius 3 is 2.85 bits per heavy atom. The highest BCUT2D eigenvalue weighted by Crippen LogP contribution is 2.22. The van der Waals surface area contributed by atoms with Crippen LogP contribution in [0.15, 0.2) is 17.4 Å². The number of nitrogens with one attached hydrogen (secondary N) is 1. The van der Waals surface area contributed by atoms with Gasteiger partial charge in [0.25, 0.3) is 0 Å². The molecule has 1 aromatic rings. The van der Waals surface area contributed by atoms with E-state index in [-0.39, 0.29) is 12.0 Å². The van der Waals surface area contributed by atoms with Crippen LogP contribution in [0.3, 0.4) is 0 Å². The molecule has 0 radical (unpaired) electrons. The molecule has 2 atom stereocenters. The summed E-state index contributed by atoms with van der Waals surface area (Å²) in [6, 6.07) is 0. The molecule has 0 bridgehead atoms. The van der Waals surface area contributed by atoms with Gasteiger partial charge in [-0.15, -0.1) is 0 Å². The van der Waals surface area contributed by atoms with Crippen molar-refractivity contribution in [3.8, 4) is 0 Å². The molecule has 2 saturated heterocycles. The maximum Gasteiger partial charge on any atom is 0.211 e. The molecule has 1 N–H and O–H groups in total. The predicted molar refractivity (Wildman–Crippen MR) is 104 cm³/mol. The summed E-state index contributed by atoms with van der Waals surface area (Å²) < 4.78 is 32.6. The van der Waals surface area contributed by atoms with Crippen LogP contribution in [0.5, 0.6) is 0 Å². The standard InChI is InChI=1S/C17H30N6O3S/c1-4-18-17(19-9-14-5-6-23(11-14)27(3,24)25)22-7-8-26-16(13-22)15-10-20-21(2)12-15/h10,12,14,16H,4-9,11,13H2,1-3H3,(H,18,19). The Balaban J connectivity index is 1.63. The Kier molecular flexibility index (Phi) is 6.38. The first-order valence-electron chi connectivity index (χ1n) is 9.45. The quantitative estimate of drug-likeness (QED) is 0.556. The molecular weight excluding hydrogens is 368 g/mol. The summed E-state index contributed by atoms with van der Waals surface area (Å²) in [7, 11) is -1.21. The number of nitrogens with zero attached hydrogens (tertiary/aromatic N) is 5. The molecule has 0 saturated carbocycles. The molecule has 0 aliphatic carbocycles. The second-order valence-electron chi connectivity index (χ2n) is 7.22. The number of aliphatic imine (C=N–C) groups is 1. The highest BCUT2D eigenvalue weighted by molar-refractivity contribution is 7.88. The number of morpholine rings is 1. The number of sulfonamides is 1. The zero-order valence-electron chi connectivity index (χ0n) is 16.3. The summed E-state index contributed by atoms with van der Waals surface area (Å²) in [5.41, 5.74) is 1.07. The van der Waals surface area contributed by atoms with Gasteiger partial charge >= 0.3 is 0 Å². The van der Waals surface area contributed by atoms with Gasteiger partial charge in [-0.2, -0.15) is 5.10 Å². The Morgan fingerprint density at radius 2 is 2.22 bits per heavy atom. The lowest BCUT2D eigenvalue weighted by Crippen LogP contribution is -2.48. The van der Waals surface area contributed by atoms with Crippen LogP contribution in [-0.4, -0.2) is 85.5 Å². The number of ether oxygens (including phenoxy) is 1. The van der Waals surface area contributed by atoms with E-state index in [0.717, 1.165) is 37.6 Å². The van der Waals surface area contributed by atoms with Crippen LogP contribution >= 0.6 is 0 Å². The number of hydrogen-bond acceptors (Lipinski definition) is 5. The van der Waals surface area contributed by atoms with Crippen molar-refractivity contribution >= 4 is 16.0 Å². The van der Waals surface area contributed by atoms with Crippen LogP contribution in [0.25, 0.3) is 0 Å². The molecule has 2 aliphatic rings. The normalized spacial score (nSPS) is 25.1. The van der Waals surface area contributed by atoms with Crippen LogP contribution < -0.4 is 5.32 Å². The largest absolute Gasteiger partial charge is 0.370 e. The molecule has 3 heterocycles. The molecule has 9 nitrogen and oxygen atoms in total. The summed E-state index contributed by atoms with van der Waals surface area (Å²) in [5.74, 6) is 1.14. The van der Waals surface area contributed by atoms with Crippen LogP contribution in [0.1, 0.15) is 25.0 Å². The zero-order chi connectivity index (χ0) is 19.4. The van der Waals surface area contributed by atoms with E-state index in [2.05, 4.69) is 22.2 Å². The molecule has 152 valence electrons. The predicted octanol–water partition coefficient (Wildman–Crippen LogP) is 0.0404. The first kappa shape index (κ1) is 20.1. The molecule has 27 heavy (non-hydrogen) atoms. The van der Waals surface area contributed by atoms with Crippen LogP contribution in [0, 0.1) is 5.92 Å². The first-order chi connectivity index (χ1) is 12.9. The van der Waals surface area contributed by atoms with Gasteiger partial charge in [-0.3, -0.25) is 9.67 Å². The fourth-order valence-electron chi connectivity index (χ4n) is 3.54. The van der Waals surface area contributed by atoms with Crippen LogP contribution in [-0.2, 0) is 21.8 Å². The third kappa shape index (κ3) is 5.20. The first-order valence-corrected chi connectivity index (χ1v) is 11.3. The Labute approximate surface area is 161 Å². The van der Waals surface area contributed by atoms with E-state index < -0.39 is 10.0 Å². The van der Waals surface area contributed by atoms with E-state index in [0.29, 0.717) is 26.2 Å². The third-order valence-corrected chi connectivity index (χ3v) is 6.28. The van der Waals surface area contributed by atoms with Gasteiger partial charge in [-0.25, -0.2) is 12.7 Å². The third-order valence-electron chi connectivity index (χ3n) is 5.01. The van der Waals surface area contributed by atoms with Crippen molar-refractivity contribution in [1.82, 2.24) is 24.3 Å². The number of aryl methyl sites for hydroxylation is 1. The Morgan fingerprint density at radius 1 is 1.41 bits per heavy atom. The monoisotopic (exact) mass is 398 g/mol. The molecule has 1 aromatic heterocycles. The smallest absolute Gasteiger partial charge is 0.211 e. The van der Waals surface area contributed by atoms with Gasteiger partial charge in [0.15, 0.2) is 5.96 Å². The van der Waals surface area contributed by atoms with Crippen molar-refractivity contribution in [2.75, 3.05) is 52.1 Å². The Bertz CT molecular complexity index is 762. The minimum Gasteiger partial charge on any atom is -0.370 e. The average Bonchev–Trinajstić information content (AvgIpc) is 3.27. The summed E-state index contributed by atoms with van der Waals surface area (Å²) in [5, 5.41) is 7.59.